The van der Waals surface area contributed by atoms with Crippen LogP contribution in [0.25, 0.3) is 0 Å². The Morgan fingerprint density at radius 3 is 2.25 bits per heavy atom. The van der Waals surface area contributed by atoms with E-state index in [1.807, 2.05) is 0 Å². The molecule has 0 spiro atoms. The van der Waals surface area contributed by atoms with Gasteiger partial charge in [0.1, 0.15) is 17.8 Å². The van der Waals surface area contributed by atoms with Gasteiger partial charge in [0, 0.05) is 31.6 Å². The number of Topliss-reactive ketones (excluding diaryl/α,β-unsaturated/α-hetero) is 1. The number of hydrogen-bond acceptors (Lipinski definition) is 11. The van der Waals surface area contributed by atoms with Gasteiger partial charge in [-0.3, -0.25) is 14.4 Å². The Balaban J connectivity index is 1.86. The molecule has 1 aliphatic heterocycles. The Bertz CT molecular complexity index is 1610. The first-order valence-electron chi connectivity index (χ1n) is 19.1. The van der Waals surface area contributed by atoms with Crippen LogP contribution in [-0.2, 0) is 37.8 Å². The lowest BCUT2D eigenvalue weighted by atomic mass is 9.44. The van der Waals surface area contributed by atoms with Gasteiger partial charge < -0.3 is 33.6 Å². The number of carbonyl (C=O) groups excluding carboxylic acids is 4. The number of hydrogen-bond donors (Lipinski definition) is 2. The van der Waals surface area contributed by atoms with E-state index >= 15 is 4.79 Å². The third kappa shape index (κ3) is 6.66. The third-order valence-electron chi connectivity index (χ3n) is 13.3. The van der Waals surface area contributed by atoms with Crippen molar-refractivity contribution in [1.82, 2.24) is 0 Å². The first kappa shape index (κ1) is 41.0. The summed E-state index contributed by atoms with van der Waals surface area (Å²) >= 11 is 0. The summed E-state index contributed by atoms with van der Waals surface area (Å²) in [5.74, 6) is -3.83. The monoisotopic (exact) mass is 754 g/mol. The van der Waals surface area contributed by atoms with Gasteiger partial charge in [0.25, 0.3) is 0 Å². The first-order valence-corrected chi connectivity index (χ1v) is 21.7. The van der Waals surface area contributed by atoms with Crippen LogP contribution in [0, 0.1) is 16.7 Å². The summed E-state index contributed by atoms with van der Waals surface area (Å²) in [4.78, 5) is 56.8. The van der Waals surface area contributed by atoms with Gasteiger partial charge in [0.15, 0.2) is 25.8 Å². The largest absolute Gasteiger partial charge is 0.455 e. The highest BCUT2D eigenvalue weighted by Crippen LogP contribution is 2.65. The maximum atomic E-state index is 15.8. The van der Waals surface area contributed by atoms with E-state index in [9.17, 15) is 24.6 Å². The molecular weight excluding hydrogens is 697 g/mol. The van der Waals surface area contributed by atoms with Crippen LogP contribution >= 0.6 is 0 Å². The molecule has 11 nitrogen and oxygen atoms in total. The number of esters is 3. The molecule has 2 N–H and O–H groups in total. The molecule has 0 unspecified atom stereocenters. The zero-order valence-corrected chi connectivity index (χ0v) is 33.6. The molecule has 1 aromatic rings. The molecule has 2 bridgehead atoms. The van der Waals surface area contributed by atoms with Crippen molar-refractivity contribution in [2.75, 3.05) is 6.61 Å². The minimum atomic E-state index is -2.51. The summed E-state index contributed by atoms with van der Waals surface area (Å²) in [5, 5.41) is 25.1. The van der Waals surface area contributed by atoms with E-state index in [2.05, 4.69) is 27.4 Å². The van der Waals surface area contributed by atoms with Gasteiger partial charge in [-0.1, -0.05) is 58.9 Å². The Morgan fingerprint density at radius 2 is 1.70 bits per heavy atom. The van der Waals surface area contributed by atoms with Gasteiger partial charge in [-0.05, 0) is 68.1 Å². The van der Waals surface area contributed by atoms with Crippen LogP contribution in [0.15, 0.2) is 54.1 Å². The predicted molar refractivity (Wildman–Crippen MR) is 199 cm³/mol. The molecule has 4 aliphatic rings. The summed E-state index contributed by atoms with van der Waals surface area (Å²) in [6.07, 6.45) is -3.30. The van der Waals surface area contributed by atoms with E-state index in [1.54, 1.807) is 64.1 Å². The van der Waals surface area contributed by atoms with Crippen LogP contribution in [0.5, 0.6) is 0 Å². The number of allylic oxidation sites excluding steroid dienone is 1. The molecule has 3 fully saturated rings. The lowest BCUT2D eigenvalue weighted by molar-refractivity contribution is -0.345. The molecule has 5 rings (SSSR count). The number of carbonyl (C=O) groups is 4. The summed E-state index contributed by atoms with van der Waals surface area (Å²) in [6, 6.07) is 10.6. The van der Waals surface area contributed by atoms with Gasteiger partial charge in [-0.15, -0.1) is 6.58 Å². The van der Waals surface area contributed by atoms with E-state index in [-0.39, 0.29) is 37.0 Å². The second-order valence-electron chi connectivity index (χ2n) is 16.2. The molecule has 0 amide bonds. The fraction of sp³-hybridized carbons (Fsp3) is 0.659. The molecule has 1 heterocycles. The number of fused-ring (bicyclic) bond motifs is 5. The zero-order valence-electron chi connectivity index (χ0n) is 32.6. The Kier molecular flexibility index (Phi) is 11.7. The van der Waals surface area contributed by atoms with Crippen molar-refractivity contribution in [3.8, 4) is 0 Å². The molecule has 1 aromatic carbocycles. The smallest absolute Gasteiger partial charge is 0.338 e. The normalized spacial score (nSPS) is 34.7. The van der Waals surface area contributed by atoms with Crippen LogP contribution in [0.4, 0.5) is 0 Å². The lowest BCUT2D eigenvalue weighted by Crippen LogP contribution is -2.82. The average Bonchev–Trinajstić information content (AvgIpc) is 3.11. The second-order valence-corrected chi connectivity index (χ2v) is 20.9. The molecule has 0 radical (unpaired) electrons. The highest BCUT2D eigenvalue weighted by atomic mass is 28.4. The molecular formula is C41H58O11Si. The van der Waals surface area contributed by atoms with Crippen LogP contribution in [0.2, 0.25) is 18.1 Å². The van der Waals surface area contributed by atoms with E-state index in [0.717, 1.165) is 18.1 Å². The van der Waals surface area contributed by atoms with Crippen molar-refractivity contribution in [1.29, 1.82) is 0 Å². The van der Waals surface area contributed by atoms with Crippen molar-refractivity contribution in [3.05, 3.63) is 59.7 Å². The highest BCUT2D eigenvalue weighted by molar-refractivity contribution is 6.73. The van der Waals surface area contributed by atoms with Crippen molar-refractivity contribution in [2.45, 2.75) is 147 Å². The Labute approximate surface area is 314 Å². The first-order chi connectivity index (χ1) is 24.9. The van der Waals surface area contributed by atoms with E-state index in [1.165, 1.54) is 6.92 Å². The zero-order chi connectivity index (χ0) is 39.1. The summed E-state index contributed by atoms with van der Waals surface area (Å²) in [5.41, 5.74) is -5.92. The minimum Gasteiger partial charge on any atom is -0.455 e. The van der Waals surface area contributed by atoms with Crippen LogP contribution in [0.1, 0.15) is 97.9 Å². The maximum absolute atomic E-state index is 15.8. The highest BCUT2D eigenvalue weighted by Gasteiger charge is 2.78. The molecule has 12 heteroatoms. The fourth-order valence-corrected chi connectivity index (χ4v) is 12.7. The SMILES string of the molecule is C=CCCCC(=O)O[C@@]12CO[C@@H]1C[C@H](O[Si](CC)(CC)CC)[C@@]1(C)C(=O)[C@H](OC(C)=O)C3=C(C)[C@@H](O)C[C@@](O)([C@@H](OC(=O)c4ccccc4)[C@H]21)C3(C)C. The van der Waals surface area contributed by atoms with Gasteiger partial charge in [0.2, 0.25) is 0 Å². The average molecular weight is 755 g/mol. The summed E-state index contributed by atoms with van der Waals surface area (Å²) in [7, 11) is -2.51. The van der Waals surface area contributed by atoms with Crippen LogP contribution in [-0.4, -0.2) is 90.6 Å². The predicted octanol–water partition coefficient (Wildman–Crippen LogP) is 6.02. The van der Waals surface area contributed by atoms with Gasteiger partial charge in [-0.25, -0.2) is 4.79 Å². The molecule has 292 valence electrons. The number of rotatable bonds is 13. The molecule has 9 atom stereocenters. The van der Waals surface area contributed by atoms with E-state index in [4.69, 9.17) is 23.4 Å². The minimum absolute atomic E-state index is 0.0560. The lowest BCUT2D eigenvalue weighted by Gasteiger charge is -2.68. The van der Waals surface area contributed by atoms with Crippen molar-refractivity contribution < 1.29 is 52.8 Å². The Hall–Kier alpha value is -3.16. The number of unbranched alkanes of at least 4 members (excludes halogenated alkanes) is 1. The number of aliphatic hydroxyl groups is 2. The molecule has 0 aromatic heterocycles. The summed E-state index contributed by atoms with van der Waals surface area (Å²) in [6.45, 7) is 17.9. The second kappa shape index (κ2) is 15.2. The standard InChI is InChI=1S/C41H58O11Si/c1-10-14-16-21-31(44)51-40-24-48-30(40)22-29(52-53(11-2,12-3)13-4)39(9)34(40)36(50-37(46)27-19-17-15-18-20-27)41(47)23-28(43)25(5)32(38(41,7)8)33(35(39)45)49-26(6)42/h10,15,17-20,28-30,33-34,36,43,47H,1,11-14,16,21-24H2,2-9H3/t28-,29-,30+,33+,34-,36-,39+,40-,41+/m0/s1. The number of ketones is 1. The third-order valence-corrected chi connectivity index (χ3v) is 17.9. The van der Waals surface area contributed by atoms with Crippen molar-refractivity contribution in [3.63, 3.8) is 0 Å². The fourth-order valence-electron chi connectivity index (χ4n) is 9.74. The van der Waals surface area contributed by atoms with E-state index < -0.39 is 90.5 Å². The van der Waals surface area contributed by atoms with Crippen molar-refractivity contribution >= 4 is 32.0 Å². The number of benzene rings is 1. The molecule has 3 aliphatic carbocycles. The van der Waals surface area contributed by atoms with E-state index in [0.29, 0.717) is 18.4 Å². The van der Waals surface area contributed by atoms with Crippen molar-refractivity contribution in [2.24, 2.45) is 16.7 Å². The number of aliphatic hydroxyl groups excluding tert-OH is 1. The topological polar surface area (TPSA) is 155 Å². The van der Waals surface area contributed by atoms with Gasteiger partial charge in [-0.2, -0.15) is 0 Å². The number of ether oxygens (including phenoxy) is 4. The van der Waals surface area contributed by atoms with Crippen LogP contribution < -0.4 is 0 Å². The maximum Gasteiger partial charge on any atom is 0.338 e. The molecule has 2 saturated carbocycles. The molecule has 53 heavy (non-hydrogen) atoms. The molecule has 1 saturated heterocycles. The Morgan fingerprint density at radius 1 is 1.06 bits per heavy atom. The summed E-state index contributed by atoms with van der Waals surface area (Å²) < 4.78 is 32.5. The van der Waals surface area contributed by atoms with Gasteiger partial charge >= 0.3 is 17.9 Å². The van der Waals surface area contributed by atoms with Gasteiger partial charge in [0.05, 0.1) is 35.7 Å². The quantitative estimate of drug-likeness (QED) is 0.0799. The van der Waals surface area contributed by atoms with Crippen LogP contribution in [0.3, 0.4) is 0 Å².